The van der Waals surface area contributed by atoms with Crippen LogP contribution in [0, 0.1) is 21.7 Å². The molecule has 1 saturated heterocycles. The lowest BCUT2D eigenvalue weighted by Crippen LogP contribution is -2.32. The van der Waals surface area contributed by atoms with Crippen molar-refractivity contribution >= 4 is 22.5 Å². The molecule has 0 aliphatic carbocycles. The van der Waals surface area contributed by atoms with Gasteiger partial charge in [-0.2, -0.15) is 9.49 Å². The molecule has 1 unspecified atom stereocenters. The van der Waals surface area contributed by atoms with Gasteiger partial charge in [-0.1, -0.05) is 6.07 Å². The minimum Gasteiger partial charge on any atom is -0.450 e. The lowest BCUT2D eigenvalue weighted by atomic mass is 10.1. The van der Waals surface area contributed by atoms with Gasteiger partial charge in [0.15, 0.2) is 5.65 Å². The number of nitrogens with one attached hydrogen (secondary N) is 1. The molecule has 0 saturated carbocycles. The summed E-state index contributed by atoms with van der Waals surface area (Å²) >= 11 is 0. The van der Waals surface area contributed by atoms with Crippen LogP contribution in [0.5, 0.6) is 11.5 Å². The van der Waals surface area contributed by atoms with Crippen LogP contribution in [0.2, 0.25) is 0 Å². The second-order valence-electron chi connectivity index (χ2n) is 7.84. The normalized spacial score (nSPS) is 16.0. The van der Waals surface area contributed by atoms with Crippen LogP contribution >= 0.6 is 0 Å². The Labute approximate surface area is 191 Å². The smallest absolute Gasteiger partial charge is 0.346 e. The number of hydrogen-bond donors (Lipinski definition) is 2. The number of aromatic nitrogens is 4. The van der Waals surface area contributed by atoms with E-state index < -0.39 is 22.2 Å². The molecule has 174 valence electrons. The van der Waals surface area contributed by atoms with Crippen molar-refractivity contribution in [1.29, 1.82) is 0 Å². The number of benzene rings is 2. The number of anilines is 1. The Kier molecular flexibility index (Phi) is 5.49. The number of ether oxygens (including phenoxy) is 1. The molecule has 2 aromatic heterocycles. The van der Waals surface area contributed by atoms with Crippen LogP contribution in [-0.2, 0) is 0 Å². The van der Waals surface area contributed by atoms with Gasteiger partial charge in [0.05, 0.1) is 16.4 Å². The standard InChI is InChI=1S/C22H19F2N7O3/c23-15-4-1-5-17(20(15)31(32)33)34-13-6-7-14(16(24)9-13)19-18-21(25)27-11-28-22(18)30(29-19)12-3-2-8-26-10-12/h1,4-7,9,11-12,26H,2-3,8,10H2,(H2,25,27,28). The molecule has 0 radical (unpaired) electrons. The molecule has 4 aromatic rings. The fourth-order valence-corrected chi connectivity index (χ4v) is 4.11. The highest BCUT2D eigenvalue weighted by molar-refractivity contribution is 5.98. The summed E-state index contributed by atoms with van der Waals surface area (Å²) in [6.45, 7) is 1.61. The summed E-state index contributed by atoms with van der Waals surface area (Å²) in [5.41, 5.74) is 6.20. The molecule has 1 atom stereocenters. The number of nitrogen functional groups attached to an aromatic ring is 1. The molecule has 10 nitrogen and oxygen atoms in total. The summed E-state index contributed by atoms with van der Waals surface area (Å²) in [6.07, 6.45) is 3.19. The molecule has 1 fully saturated rings. The van der Waals surface area contributed by atoms with Gasteiger partial charge in [-0.05, 0) is 43.7 Å². The third-order valence-corrected chi connectivity index (χ3v) is 5.69. The number of hydrogen-bond acceptors (Lipinski definition) is 8. The first-order valence-corrected chi connectivity index (χ1v) is 10.5. The van der Waals surface area contributed by atoms with Crippen LogP contribution in [0.15, 0.2) is 42.7 Å². The Hall–Kier alpha value is -4.19. The van der Waals surface area contributed by atoms with E-state index in [2.05, 4.69) is 20.4 Å². The lowest BCUT2D eigenvalue weighted by molar-refractivity contribution is -0.388. The van der Waals surface area contributed by atoms with E-state index in [1.165, 1.54) is 30.6 Å². The Morgan fingerprint density at radius 1 is 1.21 bits per heavy atom. The first-order valence-electron chi connectivity index (χ1n) is 10.5. The van der Waals surface area contributed by atoms with E-state index in [-0.39, 0.29) is 34.6 Å². The zero-order valence-electron chi connectivity index (χ0n) is 17.7. The van der Waals surface area contributed by atoms with Crippen molar-refractivity contribution in [2.24, 2.45) is 0 Å². The van der Waals surface area contributed by atoms with E-state index in [1.54, 1.807) is 4.68 Å². The molecule has 0 amide bonds. The Morgan fingerprint density at radius 2 is 2.06 bits per heavy atom. The molecule has 34 heavy (non-hydrogen) atoms. The molecule has 3 heterocycles. The number of piperidine rings is 1. The van der Waals surface area contributed by atoms with Gasteiger partial charge >= 0.3 is 5.69 Å². The topological polar surface area (TPSA) is 134 Å². The molecular weight excluding hydrogens is 448 g/mol. The molecule has 2 aromatic carbocycles. The fraction of sp³-hybridized carbons (Fsp3) is 0.227. The van der Waals surface area contributed by atoms with E-state index in [0.717, 1.165) is 31.5 Å². The summed E-state index contributed by atoms with van der Waals surface area (Å²) in [7, 11) is 0. The van der Waals surface area contributed by atoms with Crippen molar-refractivity contribution in [1.82, 2.24) is 25.1 Å². The van der Waals surface area contributed by atoms with Crippen molar-refractivity contribution in [3.8, 4) is 22.8 Å². The van der Waals surface area contributed by atoms with E-state index in [9.17, 15) is 14.5 Å². The van der Waals surface area contributed by atoms with Crippen LogP contribution in [-0.4, -0.2) is 37.8 Å². The largest absolute Gasteiger partial charge is 0.450 e. The third-order valence-electron chi connectivity index (χ3n) is 5.69. The summed E-state index contributed by atoms with van der Waals surface area (Å²) in [6, 6.07) is 7.37. The van der Waals surface area contributed by atoms with Gasteiger partial charge < -0.3 is 15.8 Å². The molecular formula is C22H19F2N7O3. The van der Waals surface area contributed by atoms with E-state index >= 15 is 4.39 Å². The highest BCUT2D eigenvalue weighted by Gasteiger charge is 2.26. The number of nitrogens with two attached hydrogens (primary N) is 1. The Balaban J connectivity index is 1.55. The highest BCUT2D eigenvalue weighted by Crippen LogP contribution is 2.37. The van der Waals surface area contributed by atoms with E-state index in [0.29, 0.717) is 17.6 Å². The average molecular weight is 467 g/mol. The van der Waals surface area contributed by atoms with Crippen molar-refractivity contribution in [3.05, 3.63) is 64.5 Å². The zero-order valence-corrected chi connectivity index (χ0v) is 17.7. The number of fused-ring (bicyclic) bond motifs is 1. The Morgan fingerprint density at radius 3 is 2.79 bits per heavy atom. The van der Waals surface area contributed by atoms with Crippen LogP contribution in [0.4, 0.5) is 20.3 Å². The van der Waals surface area contributed by atoms with Gasteiger partial charge in [-0.3, -0.25) is 10.1 Å². The SMILES string of the molecule is Nc1ncnc2c1c(-c1ccc(Oc3cccc(F)c3[N+](=O)[O-])cc1F)nn2C1CCCNC1. The summed E-state index contributed by atoms with van der Waals surface area (Å²) in [5, 5.41) is 19.6. The van der Waals surface area contributed by atoms with Crippen LogP contribution < -0.4 is 15.8 Å². The number of halogens is 2. The molecule has 0 bridgehead atoms. The predicted molar refractivity (Wildman–Crippen MR) is 119 cm³/mol. The zero-order chi connectivity index (χ0) is 23.8. The van der Waals surface area contributed by atoms with Crippen LogP contribution in [0.3, 0.4) is 0 Å². The maximum Gasteiger partial charge on any atom is 0.346 e. The van der Waals surface area contributed by atoms with Gasteiger partial charge in [0.1, 0.15) is 29.4 Å². The minimum absolute atomic E-state index is 0.0264. The van der Waals surface area contributed by atoms with Gasteiger partial charge in [0, 0.05) is 18.2 Å². The lowest BCUT2D eigenvalue weighted by Gasteiger charge is -2.23. The van der Waals surface area contributed by atoms with Crippen molar-refractivity contribution in [3.63, 3.8) is 0 Å². The summed E-state index contributed by atoms with van der Waals surface area (Å²) in [4.78, 5) is 18.7. The van der Waals surface area contributed by atoms with Gasteiger partial charge in [-0.25, -0.2) is 19.0 Å². The first-order chi connectivity index (χ1) is 16.4. The van der Waals surface area contributed by atoms with Crippen LogP contribution in [0.1, 0.15) is 18.9 Å². The second kappa shape index (κ2) is 8.63. The molecule has 5 rings (SSSR count). The quantitative estimate of drug-likeness (QED) is 0.333. The maximum atomic E-state index is 15.3. The van der Waals surface area contributed by atoms with Crippen molar-refractivity contribution in [2.45, 2.75) is 18.9 Å². The molecule has 3 N–H and O–H groups in total. The summed E-state index contributed by atoms with van der Waals surface area (Å²) in [5.74, 6) is -1.96. The number of nitro groups is 1. The fourth-order valence-electron chi connectivity index (χ4n) is 4.11. The highest BCUT2D eigenvalue weighted by atomic mass is 19.1. The molecule has 1 aliphatic rings. The van der Waals surface area contributed by atoms with Crippen LogP contribution in [0.25, 0.3) is 22.3 Å². The third kappa shape index (κ3) is 3.77. The number of nitrogens with zero attached hydrogens (tertiary/aromatic N) is 5. The number of para-hydroxylation sites is 1. The monoisotopic (exact) mass is 467 g/mol. The molecule has 12 heteroatoms. The van der Waals surface area contributed by atoms with E-state index in [4.69, 9.17) is 10.5 Å². The molecule has 1 aliphatic heterocycles. The van der Waals surface area contributed by atoms with Gasteiger partial charge in [0.25, 0.3) is 0 Å². The second-order valence-corrected chi connectivity index (χ2v) is 7.84. The molecule has 0 spiro atoms. The van der Waals surface area contributed by atoms with E-state index in [1.807, 2.05) is 0 Å². The van der Waals surface area contributed by atoms with Gasteiger partial charge in [0.2, 0.25) is 11.6 Å². The predicted octanol–water partition coefficient (Wildman–Crippen LogP) is 3.98. The number of rotatable bonds is 5. The maximum absolute atomic E-state index is 15.3. The van der Waals surface area contributed by atoms with Gasteiger partial charge in [-0.15, -0.1) is 0 Å². The number of nitro benzene ring substituents is 1. The minimum atomic E-state index is -1.05. The first kappa shape index (κ1) is 21.6. The average Bonchev–Trinajstić information content (AvgIpc) is 3.20. The van der Waals surface area contributed by atoms with Crippen molar-refractivity contribution in [2.75, 3.05) is 18.8 Å². The summed E-state index contributed by atoms with van der Waals surface area (Å²) < 4.78 is 36.3. The Bertz CT molecular complexity index is 1400. The van der Waals surface area contributed by atoms with Crippen molar-refractivity contribution < 1.29 is 18.4 Å².